The molecule has 0 unspecified atom stereocenters. The molecule has 1 nitrogen and oxygen atoms in total. The van der Waals surface area contributed by atoms with Gasteiger partial charge in [0.1, 0.15) is 0 Å². The Balaban J connectivity index is 2.35. The van der Waals surface area contributed by atoms with Gasteiger partial charge in [0.15, 0.2) is 0 Å². The SMILES string of the molecule is Cc1ccc(-c2ccccc2)c2cnccc12. The highest BCUT2D eigenvalue weighted by Gasteiger charge is 2.04. The zero-order chi connectivity index (χ0) is 11.7. The van der Waals surface area contributed by atoms with Gasteiger partial charge in [-0.2, -0.15) is 0 Å². The van der Waals surface area contributed by atoms with Gasteiger partial charge in [-0.3, -0.25) is 4.98 Å². The number of hydrogen-bond acceptors (Lipinski definition) is 1. The Kier molecular flexibility index (Phi) is 2.37. The summed E-state index contributed by atoms with van der Waals surface area (Å²) in [4.78, 5) is 4.24. The average Bonchev–Trinajstić information content (AvgIpc) is 2.41. The molecule has 0 bridgehead atoms. The summed E-state index contributed by atoms with van der Waals surface area (Å²) in [6.07, 6.45) is 3.80. The summed E-state index contributed by atoms with van der Waals surface area (Å²) in [5.74, 6) is 0. The van der Waals surface area contributed by atoms with Crippen LogP contribution in [0.3, 0.4) is 0 Å². The van der Waals surface area contributed by atoms with Crippen molar-refractivity contribution in [1.82, 2.24) is 4.98 Å². The highest BCUT2D eigenvalue weighted by Crippen LogP contribution is 2.29. The normalized spacial score (nSPS) is 10.6. The Bertz CT molecular complexity index is 657. The molecule has 0 spiro atoms. The first kappa shape index (κ1) is 10.0. The van der Waals surface area contributed by atoms with Crippen molar-refractivity contribution in [3.63, 3.8) is 0 Å². The van der Waals surface area contributed by atoms with E-state index in [0.717, 1.165) is 0 Å². The molecule has 0 radical (unpaired) electrons. The van der Waals surface area contributed by atoms with E-state index in [2.05, 4.69) is 54.4 Å². The number of fused-ring (bicyclic) bond motifs is 1. The molecule has 2 aromatic carbocycles. The third-order valence-electron chi connectivity index (χ3n) is 3.12. The molecule has 1 heterocycles. The summed E-state index contributed by atoms with van der Waals surface area (Å²) in [5.41, 5.74) is 3.78. The van der Waals surface area contributed by atoms with Gasteiger partial charge in [0, 0.05) is 17.8 Å². The maximum Gasteiger partial charge on any atom is 0.0352 e. The summed E-state index contributed by atoms with van der Waals surface area (Å²) in [6, 6.07) is 16.9. The van der Waals surface area contributed by atoms with Crippen LogP contribution >= 0.6 is 0 Å². The van der Waals surface area contributed by atoms with Gasteiger partial charge in [-0.05, 0) is 35.1 Å². The fourth-order valence-corrected chi connectivity index (χ4v) is 2.21. The van der Waals surface area contributed by atoms with Crippen molar-refractivity contribution in [2.24, 2.45) is 0 Å². The minimum absolute atomic E-state index is 1.22. The summed E-state index contributed by atoms with van der Waals surface area (Å²) in [7, 11) is 0. The van der Waals surface area contributed by atoms with Crippen LogP contribution in [0.15, 0.2) is 60.9 Å². The molecule has 0 aliphatic rings. The molecule has 3 aromatic rings. The van der Waals surface area contributed by atoms with Crippen LogP contribution in [0.1, 0.15) is 5.56 Å². The smallest absolute Gasteiger partial charge is 0.0352 e. The second-order valence-electron chi connectivity index (χ2n) is 4.22. The van der Waals surface area contributed by atoms with Crippen molar-refractivity contribution in [3.8, 4) is 11.1 Å². The molecular weight excluding hydrogens is 206 g/mol. The Morgan fingerprint density at radius 2 is 1.65 bits per heavy atom. The number of pyridine rings is 1. The van der Waals surface area contributed by atoms with E-state index in [9.17, 15) is 0 Å². The molecule has 82 valence electrons. The van der Waals surface area contributed by atoms with E-state index in [1.165, 1.54) is 27.5 Å². The van der Waals surface area contributed by atoms with E-state index in [1.54, 1.807) is 0 Å². The topological polar surface area (TPSA) is 12.9 Å². The third kappa shape index (κ3) is 1.70. The Labute approximate surface area is 101 Å². The highest BCUT2D eigenvalue weighted by molar-refractivity contribution is 5.97. The van der Waals surface area contributed by atoms with Gasteiger partial charge < -0.3 is 0 Å². The van der Waals surface area contributed by atoms with Gasteiger partial charge in [-0.15, -0.1) is 0 Å². The van der Waals surface area contributed by atoms with E-state index < -0.39 is 0 Å². The van der Waals surface area contributed by atoms with Gasteiger partial charge in [0.2, 0.25) is 0 Å². The minimum Gasteiger partial charge on any atom is -0.264 e. The molecule has 0 saturated heterocycles. The predicted octanol–water partition coefficient (Wildman–Crippen LogP) is 4.21. The van der Waals surface area contributed by atoms with Gasteiger partial charge in [-0.1, -0.05) is 42.5 Å². The lowest BCUT2D eigenvalue weighted by atomic mass is 9.97. The lowest BCUT2D eigenvalue weighted by Crippen LogP contribution is -1.85. The molecule has 0 amide bonds. The van der Waals surface area contributed by atoms with Crippen LogP contribution in [0.5, 0.6) is 0 Å². The fraction of sp³-hybridized carbons (Fsp3) is 0.0625. The van der Waals surface area contributed by atoms with E-state index in [-0.39, 0.29) is 0 Å². The van der Waals surface area contributed by atoms with Crippen LogP contribution in [0, 0.1) is 6.92 Å². The molecule has 3 rings (SSSR count). The van der Waals surface area contributed by atoms with Crippen molar-refractivity contribution < 1.29 is 0 Å². The van der Waals surface area contributed by atoms with Gasteiger partial charge >= 0.3 is 0 Å². The van der Waals surface area contributed by atoms with Crippen LogP contribution in [-0.2, 0) is 0 Å². The first-order valence-electron chi connectivity index (χ1n) is 5.75. The van der Waals surface area contributed by atoms with E-state index >= 15 is 0 Å². The summed E-state index contributed by atoms with van der Waals surface area (Å²) in [6.45, 7) is 2.14. The number of hydrogen-bond donors (Lipinski definition) is 0. The van der Waals surface area contributed by atoms with Crippen molar-refractivity contribution in [2.75, 3.05) is 0 Å². The standard InChI is InChI=1S/C16H13N/c1-12-7-8-15(13-5-3-2-4-6-13)16-11-17-10-9-14(12)16/h2-11H,1H3. The zero-order valence-electron chi connectivity index (χ0n) is 9.72. The average molecular weight is 219 g/mol. The Morgan fingerprint density at radius 3 is 2.47 bits per heavy atom. The molecule has 17 heavy (non-hydrogen) atoms. The molecule has 0 aliphatic heterocycles. The van der Waals surface area contributed by atoms with Crippen molar-refractivity contribution in [3.05, 3.63) is 66.5 Å². The second-order valence-corrected chi connectivity index (χ2v) is 4.22. The molecule has 0 fully saturated rings. The van der Waals surface area contributed by atoms with Crippen molar-refractivity contribution in [1.29, 1.82) is 0 Å². The quantitative estimate of drug-likeness (QED) is 0.597. The van der Waals surface area contributed by atoms with Gasteiger partial charge in [-0.25, -0.2) is 0 Å². The maximum absolute atomic E-state index is 4.24. The minimum atomic E-state index is 1.22. The zero-order valence-corrected chi connectivity index (χ0v) is 9.72. The maximum atomic E-state index is 4.24. The van der Waals surface area contributed by atoms with E-state index in [1.807, 2.05) is 18.5 Å². The number of benzene rings is 2. The summed E-state index contributed by atoms with van der Waals surface area (Å²) in [5, 5.41) is 2.50. The largest absolute Gasteiger partial charge is 0.264 e. The molecule has 0 atom stereocenters. The van der Waals surface area contributed by atoms with E-state index in [4.69, 9.17) is 0 Å². The summed E-state index contributed by atoms with van der Waals surface area (Å²) >= 11 is 0. The third-order valence-corrected chi connectivity index (χ3v) is 3.12. The molecular formula is C16H13N. The van der Waals surface area contributed by atoms with Crippen LogP contribution in [-0.4, -0.2) is 4.98 Å². The van der Waals surface area contributed by atoms with Crippen molar-refractivity contribution >= 4 is 10.8 Å². The Hall–Kier alpha value is -2.15. The number of aryl methyl sites for hydroxylation is 1. The predicted molar refractivity (Wildman–Crippen MR) is 71.9 cm³/mol. The van der Waals surface area contributed by atoms with Crippen LogP contribution in [0.2, 0.25) is 0 Å². The fourth-order valence-electron chi connectivity index (χ4n) is 2.21. The van der Waals surface area contributed by atoms with Crippen LogP contribution in [0.25, 0.3) is 21.9 Å². The number of aromatic nitrogens is 1. The van der Waals surface area contributed by atoms with E-state index in [0.29, 0.717) is 0 Å². The van der Waals surface area contributed by atoms with Crippen LogP contribution < -0.4 is 0 Å². The first-order valence-corrected chi connectivity index (χ1v) is 5.75. The second kappa shape index (κ2) is 4.02. The first-order chi connectivity index (χ1) is 8.36. The summed E-state index contributed by atoms with van der Waals surface area (Å²) < 4.78 is 0. The van der Waals surface area contributed by atoms with Gasteiger partial charge in [0.25, 0.3) is 0 Å². The molecule has 0 aliphatic carbocycles. The molecule has 1 aromatic heterocycles. The number of nitrogens with zero attached hydrogens (tertiary/aromatic N) is 1. The number of rotatable bonds is 1. The molecule has 0 N–H and O–H groups in total. The highest BCUT2D eigenvalue weighted by atomic mass is 14.6. The van der Waals surface area contributed by atoms with Gasteiger partial charge in [0.05, 0.1) is 0 Å². The van der Waals surface area contributed by atoms with Crippen molar-refractivity contribution in [2.45, 2.75) is 6.92 Å². The Morgan fingerprint density at radius 1 is 0.824 bits per heavy atom. The lowest BCUT2D eigenvalue weighted by Gasteiger charge is -2.08. The molecule has 1 heteroatoms. The van der Waals surface area contributed by atoms with Crippen LogP contribution in [0.4, 0.5) is 0 Å². The molecule has 0 saturated carbocycles. The lowest BCUT2D eigenvalue weighted by molar-refractivity contribution is 1.35. The monoisotopic (exact) mass is 219 g/mol.